The van der Waals surface area contributed by atoms with Crippen molar-refractivity contribution in [3.05, 3.63) is 55.6 Å². The smallest absolute Gasteiger partial charge is 0.196 e. The zero-order valence-corrected chi connectivity index (χ0v) is 19.7. The fourth-order valence-electron chi connectivity index (χ4n) is 2.81. The summed E-state index contributed by atoms with van der Waals surface area (Å²) in [6.45, 7) is 22.0. The molecular weight excluding hydrogens is 478 g/mol. The summed E-state index contributed by atoms with van der Waals surface area (Å²) in [5.41, 5.74) is 14.7. The van der Waals surface area contributed by atoms with Crippen molar-refractivity contribution in [2.75, 3.05) is 0 Å². The van der Waals surface area contributed by atoms with E-state index in [4.69, 9.17) is 0 Å². The first-order valence-corrected chi connectivity index (χ1v) is 7.50. The van der Waals surface area contributed by atoms with Gasteiger partial charge < -0.3 is 0 Å². The first-order valence-electron chi connectivity index (χ1n) is 7.50. The van der Waals surface area contributed by atoms with Gasteiger partial charge in [-0.1, -0.05) is 69.2 Å². The zero-order chi connectivity index (χ0) is 15.8. The van der Waals surface area contributed by atoms with Gasteiger partial charge in [-0.25, -0.2) is 0 Å². The predicted molar refractivity (Wildman–Crippen MR) is 91.4 cm³/mol. The Bertz CT molecular complexity index is 404. The molecule has 0 bridgehead atoms. The van der Waals surface area contributed by atoms with Gasteiger partial charge in [-0.15, -0.1) is 0 Å². The second kappa shape index (κ2) is 7.85. The molecule has 0 heterocycles. The molecule has 1 heteroatoms. The molecule has 0 amide bonds. The van der Waals surface area contributed by atoms with Crippen LogP contribution < -0.4 is 0 Å². The maximum absolute atomic E-state index is 2.20. The van der Waals surface area contributed by atoms with Crippen LogP contribution in [0, 0.1) is 100 Å². The molecule has 0 aliphatic heterocycles. The molecular formula is C20H30U. The maximum atomic E-state index is 2.20. The molecule has 0 N–H and O–H groups in total. The second-order valence-corrected chi connectivity index (χ2v) is 6.25. The molecule has 0 saturated carbocycles. The Kier molecular flexibility index (Phi) is 7.75. The van der Waals surface area contributed by atoms with E-state index in [2.05, 4.69) is 69.2 Å². The second-order valence-electron chi connectivity index (χ2n) is 6.25. The van der Waals surface area contributed by atoms with Crippen LogP contribution in [0.15, 0.2) is 0 Å². The summed E-state index contributed by atoms with van der Waals surface area (Å²) >= 11 is 0. The van der Waals surface area contributed by atoms with E-state index in [9.17, 15) is 0 Å². The molecule has 0 aromatic heterocycles. The minimum Gasteiger partial charge on any atom is -0.196 e. The van der Waals surface area contributed by atoms with Gasteiger partial charge in [-0.2, -0.15) is 55.6 Å². The van der Waals surface area contributed by atoms with E-state index in [0.717, 1.165) is 0 Å². The molecule has 2 rings (SSSR count). The Labute approximate surface area is 155 Å². The fraction of sp³-hybridized carbons (Fsp3) is 0.500. The van der Waals surface area contributed by atoms with E-state index < -0.39 is 0 Å². The first kappa shape index (κ1) is 20.8. The van der Waals surface area contributed by atoms with Gasteiger partial charge in [0.15, 0.2) is 0 Å². The van der Waals surface area contributed by atoms with E-state index >= 15 is 0 Å². The first-order chi connectivity index (χ1) is 9.11. The molecule has 21 heavy (non-hydrogen) atoms. The van der Waals surface area contributed by atoms with Crippen LogP contribution in [0.2, 0.25) is 0 Å². The number of rotatable bonds is 0. The quantitative estimate of drug-likeness (QED) is 0.389. The summed E-state index contributed by atoms with van der Waals surface area (Å²) in [5.74, 6) is 0. The molecule has 0 unspecified atom stereocenters. The SMILES string of the molecule is Cc1c(C)c(C)[c-](C)c1C.Cc1c(C)c(C)[c-](C)c1C.[U+2]. The molecule has 0 aliphatic carbocycles. The standard InChI is InChI=1S/2C10H15.U/c2*1-6-7(2)9(4)10(5)8(6)3;/h2*1-5H3;/q2*-1;+2. The van der Waals surface area contributed by atoms with Crippen LogP contribution in [0.5, 0.6) is 0 Å². The predicted octanol–water partition coefficient (Wildman–Crippen LogP) is 5.90. The van der Waals surface area contributed by atoms with E-state index in [1.165, 1.54) is 55.6 Å². The van der Waals surface area contributed by atoms with Gasteiger partial charge in [-0.3, -0.25) is 0 Å². The number of hydrogen-bond donors (Lipinski definition) is 0. The molecule has 0 nitrogen and oxygen atoms in total. The largest absolute Gasteiger partial charge is 2.00 e. The van der Waals surface area contributed by atoms with E-state index in [1.54, 1.807) is 0 Å². The van der Waals surface area contributed by atoms with Gasteiger partial charge in [0.05, 0.1) is 0 Å². The zero-order valence-electron chi connectivity index (χ0n) is 15.5. The van der Waals surface area contributed by atoms with Crippen molar-refractivity contribution in [1.82, 2.24) is 0 Å². The average molecular weight is 508 g/mol. The summed E-state index contributed by atoms with van der Waals surface area (Å²) in [6.07, 6.45) is 0. The van der Waals surface area contributed by atoms with Crippen molar-refractivity contribution in [1.29, 1.82) is 0 Å². The van der Waals surface area contributed by atoms with E-state index in [-0.39, 0.29) is 31.1 Å². The van der Waals surface area contributed by atoms with Crippen molar-refractivity contribution >= 4 is 0 Å². The third-order valence-corrected chi connectivity index (χ3v) is 5.62. The summed E-state index contributed by atoms with van der Waals surface area (Å²) < 4.78 is 0. The topological polar surface area (TPSA) is 0 Å². The van der Waals surface area contributed by atoms with Gasteiger partial charge in [-0.05, 0) is 0 Å². The minimum atomic E-state index is 0. The molecule has 114 valence electrons. The molecule has 0 spiro atoms. The van der Waals surface area contributed by atoms with Crippen molar-refractivity contribution in [3.8, 4) is 0 Å². The van der Waals surface area contributed by atoms with Crippen LogP contribution in [0.3, 0.4) is 0 Å². The molecule has 2 aromatic carbocycles. The van der Waals surface area contributed by atoms with Gasteiger partial charge >= 0.3 is 31.1 Å². The third kappa shape index (κ3) is 3.94. The monoisotopic (exact) mass is 508 g/mol. The summed E-state index contributed by atoms with van der Waals surface area (Å²) in [6, 6.07) is 0. The Morgan fingerprint density at radius 2 is 0.571 bits per heavy atom. The van der Waals surface area contributed by atoms with Gasteiger partial charge in [0.25, 0.3) is 0 Å². The van der Waals surface area contributed by atoms with Gasteiger partial charge in [0, 0.05) is 0 Å². The van der Waals surface area contributed by atoms with Gasteiger partial charge in [0.1, 0.15) is 0 Å². The van der Waals surface area contributed by atoms with E-state index in [1.807, 2.05) is 0 Å². The van der Waals surface area contributed by atoms with Crippen LogP contribution in [0.25, 0.3) is 0 Å². The van der Waals surface area contributed by atoms with Crippen LogP contribution in [-0.2, 0) is 0 Å². The Morgan fingerprint density at radius 3 is 0.619 bits per heavy atom. The van der Waals surface area contributed by atoms with Crippen LogP contribution in [0.1, 0.15) is 55.6 Å². The summed E-state index contributed by atoms with van der Waals surface area (Å²) in [5, 5.41) is 0. The van der Waals surface area contributed by atoms with Crippen molar-refractivity contribution in [3.63, 3.8) is 0 Å². The molecule has 0 saturated heterocycles. The Balaban J connectivity index is 0.000000364. The summed E-state index contributed by atoms with van der Waals surface area (Å²) in [4.78, 5) is 0. The number of hydrogen-bond acceptors (Lipinski definition) is 0. The van der Waals surface area contributed by atoms with Crippen LogP contribution >= 0.6 is 0 Å². The van der Waals surface area contributed by atoms with Crippen LogP contribution in [0.4, 0.5) is 0 Å². The molecule has 0 radical (unpaired) electrons. The average Bonchev–Trinajstić information content (AvgIpc) is 2.71. The Hall–Kier alpha value is -0.248. The van der Waals surface area contributed by atoms with Crippen molar-refractivity contribution < 1.29 is 31.1 Å². The third-order valence-electron chi connectivity index (χ3n) is 5.62. The molecule has 0 atom stereocenters. The van der Waals surface area contributed by atoms with E-state index in [0.29, 0.717) is 0 Å². The normalized spacial score (nSPS) is 10.0. The Morgan fingerprint density at radius 1 is 0.429 bits per heavy atom. The van der Waals surface area contributed by atoms with Crippen molar-refractivity contribution in [2.45, 2.75) is 69.2 Å². The summed E-state index contributed by atoms with van der Waals surface area (Å²) in [7, 11) is 0. The maximum Gasteiger partial charge on any atom is 2.00 e. The molecule has 0 fully saturated rings. The van der Waals surface area contributed by atoms with Crippen molar-refractivity contribution in [2.24, 2.45) is 0 Å². The fourth-order valence-corrected chi connectivity index (χ4v) is 2.81. The molecule has 0 aliphatic rings. The van der Waals surface area contributed by atoms with Gasteiger partial charge in [0.2, 0.25) is 0 Å². The molecule has 2 aromatic rings. The minimum absolute atomic E-state index is 0. The van der Waals surface area contributed by atoms with Crippen LogP contribution in [-0.4, -0.2) is 0 Å².